The average Bonchev–Trinajstić information content (AvgIpc) is 3.77. The molecule has 4 aliphatic rings. The fourth-order valence-electron chi connectivity index (χ4n) is 12.6. The van der Waals surface area contributed by atoms with Crippen LogP contribution in [-0.2, 0) is 27.1 Å². The van der Waals surface area contributed by atoms with Crippen LogP contribution in [0.4, 0.5) is 34.1 Å². The topological polar surface area (TPSA) is 19.6 Å². The number of nitrogens with zero attached hydrogens (tertiary/aromatic N) is 2. The van der Waals surface area contributed by atoms with Crippen molar-refractivity contribution in [3.63, 3.8) is 0 Å². The molecule has 12 rings (SSSR count). The van der Waals surface area contributed by atoms with Crippen LogP contribution in [0.5, 0.6) is 0 Å². The second-order valence-corrected chi connectivity index (χ2v) is 24.6. The highest BCUT2D eigenvalue weighted by Crippen LogP contribution is 2.55. The highest BCUT2D eigenvalue weighted by Gasteiger charge is 2.50. The summed E-state index contributed by atoms with van der Waals surface area (Å²) in [5.41, 5.74) is 26.1. The summed E-state index contributed by atoms with van der Waals surface area (Å²) in [5.74, 6) is 0. The highest BCUT2D eigenvalue weighted by atomic mass is 16.3. The number of hydrogen-bond donors (Lipinski definition) is 0. The van der Waals surface area contributed by atoms with Gasteiger partial charge >= 0.3 is 0 Å². The van der Waals surface area contributed by atoms with E-state index in [-0.39, 0.29) is 33.8 Å². The molecule has 0 N–H and O–H groups in total. The summed E-state index contributed by atoms with van der Waals surface area (Å²) in [6.45, 7) is 30.6. The minimum absolute atomic E-state index is 0.0234. The van der Waals surface area contributed by atoms with Gasteiger partial charge in [-0.3, -0.25) is 0 Å². The van der Waals surface area contributed by atoms with Crippen LogP contribution >= 0.6 is 0 Å². The molecule has 0 amide bonds. The van der Waals surface area contributed by atoms with Gasteiger partial charge in [0.1, 0.15) is 5.58 Å². The van der Waals surface area contributed by atoms with Gasteiger partial charge in [-0.2, -0.15) is 0 Å². The Bertz CT molecular complexity index is 3410. The Balaban J connectivity index is 1.22. The number of furan rings is 1. The number of rotatable bonds is 3. The van der Waals surface area contributed by atoms with E-state index < -0.39 is 0 Å². The Labute approximate surface area is 405 Å². The third kappa shape index (κ3) is 6.17. The van der Waals surface area contributed by atoms with E-state index >= 15 is 0 Å². The van der Waals surface area contributed by atoms with Gasteiger partial charge in [0.15, 0.2) is 0 Å². The Morgan fingerprint density at radius 1 is 0.515 bits per heavy atom. The van der Waals surface area contributed by atoms with Crippen LogP contribution in [0.2, 0.25) is 0 Å². The maximum Gasteiger partial charge on any atom is 0.297 e. The van der Waals surface area contributed by atoms with Crippen molar-refractivity contribution in [2.24, 2.45) is 0 Å². The number of hydrogen-bond acceptors (Lipinski definition) is 3. The molecule has 0 radical (unpaired) electrons. The molecule has 0 bridgehead atoms. The SMILES string of the molecule is Cc1cc2c3c(c1)N(c1ccc(C(C)(C)C)cc1)c1c(oc4cc5c(cc14)C(C)(C)CCC5(C)C)B3c1cc3c(cc1N2c1ccc(C(C)(C)C)cc1-c1ccccc1)C(C)(C)c1ccccc1-3. The van der Waals surface area contributed by atoms with E-state index in [1.54, 1.807) is 0 Å². The van der Waals surface area contributed by atoms with Crippen molar-refractivity contribution in [2.45, 2.75) is 130 Å². The maximum atomic E-state index is 7.64. The van der Waals surface area contributed by atoms with Crippen LogP contribution < -0.4 is 26.4 Å². The lowest BCUT2D eigenvalue weighted by Gasteiger charge is -2.44. The normalized spacial score (nSPS) is 17.0. The Kier molecular flexibility index (Phi) is 8.97. The molecule has 7 aromatic carbocycles. The second kappa shape index (κ2) is 14.2. The molecule has 0 spiro atoms. The first kappa shape index (κ1) is 43.1. The van der Waals surface area contributed by atoms with E-state index in [4.69, 9.17) is 4.42 Å². The first-order valence-electron chi connectivity index (χ1n) is 25.1. The van der Waals surface area contributed by atoms with Gasteiger partial charge in [0.25, 0.3) is 6.71 Å². The molecule has 3 nitrogen and oxygen atoms in total. The Morgan fingerprint density at radius 2 is 1.13 bits per heavy atom. The molecule has 8 aromatic rings. The molecule has 0 saturated carbocycles. The van der Waals surface area contributed by atoms with E-state index in [0.717, 1.165) is 29.8 Å². The van der Waals surface area contributed by atoms with E-state index in [9.17, 15) is 0 Å². The van der Waals surface area contributed by atoms with Crippen molar-refractivity contribution >= 4 is 68.4 Å². The van der Waals surface area contributed by atoms with Gasteiger partial charge in [-0.05, 0) is 163 Å². The quantitative estimate of drug-likeness (QED) is 0.165. The molecule has 3 heterocycles. The van der Waals surface area contributed by atoms with Gasteiger partial charge in [-0.15, -0.1) is 0 Å². The van der Waals surface area contributed by atoms with Crippen LogP contribution in [0.3, 0.4) is 0 Å². The van der Waals surface area contributed by atoms with E-state index in [1.165, 1.54) is 106 Å². The van der Waals surface area contributed by atoms with Crippen molar-refractivity contribution in [3.8, 4) is 22.3 Å². The highest BCUT2D eigenvalue weighted by molar-refractivity contribution is 7.00. The lowest BCUT2D eigenvalue weighted by atomic mass is 9.35. The van der Waals surface area contributed by atoms with Crippen LogP contribution in [0.1, 0.15) is 135 Å². The predicted molar refractivity (Wildman–Crippen MR) is 291 cm³/mol. The Morgan fingerprint density at radius 3 is 1.81 bits per heavy atom. The molecule has 1 aromatic heterocycles. The smallest absolute Gasteiger partial charge is 0.297 e. The van der Waals surface area contributed by atoms with Gasteiger partial charge in [0.2, 0.25) is 0 Å². The summed E-state index contributed by atoms with van der Waals surface area (Å²) < 4.78 is 7.64. The zero-order chi connectivity index (χ0) is 47.6. The van der Waals surface area contributed by atoms with Crippen LogP contribution in [0.15, 0.2) is 138 Å². The summed E-state index contributed by atoms with van der Waals surface area (Å²) in [6.07, 6.45) is 2.30. The van der Waals surface area contributed by atoms with Gasteiger partial charge in [0.05, 0.1) is 17.0 Å². The standard InChI is InChI=1S/C64H65BN2O/c1-38-31-54-57-55(32-38)67(52-28-25-41(61(5,6)7)33-44(52)39-19-15-14-16-20-39)53-36-48-45(43-21-17-18-22-47(43)64(48,12)13)35-51(53)65(57)59-58(66(54)42-26-23-40(24-27-42)60(2,3)4)46-34-49-50(37-56(46)68-59)63(10,11)30-29-62(49,8)9/h14-28,31-37H,29-30H2,1-13H3. The van der Waals surface area contributed by atoms with Crippen LogP contribution in [-0.4, -0.2) is 6.71 Å². The van der Waals surface area contributed by atoms with Crippen molar-refractivity contribution in [3.05, 3.63) is 172 Å². The molecular weight excluding hydrogens is 824 g/mol. The molecule has 2 aliphatic carbocycles. The number of aryl methyl sites for hydroxylation is 1. The number of fused-ring (bicyclic) bond motifs is 10. The van der Waals surface area contributed by atoms with E-state index in [1.807, 2.05) is 0 Å². The molecule has 0 saturated heterocycles. The predicted octanol–water partition coefficient (Wildman–Crippen LogP) is 15.7. The average molecular weight is 889 g/mol. The summed E-state index contributed by atoms with van der Waals surface area (Å²) in [7, 11) is 0. The van der Waals surface area contributed by atoms with Gasteiger partial charge in [0, 0.05) is 39.1 Å². The summed E-state index contributed by atoms with van der Waals surface area (Å²) in [4.78, 5) is 5.20. The first-order valence-corrected chi connectivity index (χ1v) is 25.1. The van der Waals surface area contributed by atoms with E-state index in [2.05, 4.69) is 233 Å². The molecular formula is C64H65BN2O. The first-order chi connectivity index (χ1) is 32.1. The molecule has 68 heavy (non-hydrogen) atoms. The lowest BCUT2D eigenvalue weighted by molar-refractivity contribution is 0.332. The zero-order valence-electron chi connectivity index (χ0n) is 42.5. The lowest BCUT2D eigenvalue weighted by Crippen LogP contribution is -2.61. The third-order valence-electron chi connectivity index (χ3n) is 16.7. The second-order valence-electron chi connectivity index (χ2n) is 24.6. The van der Waals surface area contributed by atoms with E-state index in [0.29, 0.717) is 0 Å². The Hall–Kier alpha value is -6.26. The minimum atomic E-state index is -0.186. The summed E-state index contributed by atoms with van der Waals surface area (Å²) in [5, 5.41) is 1.19. The van der Waals surface area contributed by atoms with Crippen molar-refractivity contribution < 1.29 is 4.42 Å². The summed E-state index contributed by atoms with van der Waals surface area (Å²) >= 11 is 0. The minimum Gasteiger partial charge on any atom is -0.468 e. The van der Waals surface area contributed by atoms with Crippen LogP contribution in [0.25, 0.3) is 33.2 Å². The maximum absolute atomic E-state index is 7.64. The molecule has 0 atom stereocenters. The molecule has 4 heteroatoms. The fraction of sp³-hybridized carbons (Fsp3) is 0.312. The van der Waals surface area contributed by atoms with Crippen molar-refractivity contribution in [2.75, 3.05) is 9.80 Å². The fourth-order valence-corrected chi connectivity index (χ4v) is 12.6. The summed E-state index contributed by atoms with van der Waals surface area (Å²) in [6, 6.07) is 51.7. The van der Waals surface area contributed by atoms with Crippen LogP contribution in [0, 0.1) is 6.92 Å². The molecule has 0 fully saturated rings. The molecule has 2 aliphatic heterocycles. The van der Waals surface area contributed by atoms with Gasteiger partial charge in [-0.25, -0.2) is 0 Å². The van der Waals surface area contributed by atoms with Crippen molar-refractivity contribution in [1.29, 1.82) is 0 Å². The number of benzene rings is 7. The van der Waals surface area contributed by atoms with Gasteiger partial charge < -0.3 is 14.2 Å². The third-order valence-corrected chi connectivity index (χ3v) is 16.7. The molecule has 340 valence electrons. The van der Waals surface area contributed by atoms with Crippen molar-refractivity contribution in [1.82, 2.24) is 0 Å². The van der Waals surface area contributed by atoms with Gasteiger partial charge in [-0.1, -0.05) is 162 Å². The number of anilines is 6. The monoisotopic (exact) mass is 889 g/mol. The largest absolute Gasteiger partial charge is 0.468 e. The molecule has 0 unspecified atom stereocenters. The zero-order valence-corrected chi connectivity index (χ0v) is 42.5.